The minimum atomic E-state index is -4.00. The van der Waals surface area contributed by atoms with Gasteiger partial charge in [0.1, 0.15) is 17.4 Å². The fourth-order valence-corrected chi connectivity index (χ4v) is 6.41. The van der Waals surface area contributed by atoms with E-state index in [-0.39, 0.29) is 11.3 Å². The molecule has 0 bridgehead atoms. The number of sulfonamides is 1. The summed E-state index contributed by atoms with van der Waals surface area (Å²) in [5.74, 6) is 0.161. The van der Waals surface area contributed by atoms with Crippen molar-refractivity contribution in [1.82, 2.24) is 15.2 Å². The van der Waals surface area contributed by atoms with E-state index in [1.807, 2.05) is 24.4 Å². The molecule has 2 aromatic heterocycles. The summed E-state index contributed by atoms with van der Waals surface area (Å²) in [6.07, 6.45) is 9.51. The Kier molecular flexibility index (Phi) is 7.13. The summed E-state index contributed by atoms with van der Waals surface area (Å²) in [6.45, 7) is 0. The highest BCUT2D eigenvalue weighted by Gasteiger charge is 2.27. The van der Waals surface area contributed by atoms with Crippen LogP contribution in [0.1, 0.15) is 55.4 Å². The molecule has 0 fully saturated rings. The van der Waals surface area contributed by atoms with Crippen LogP contribution in [0.2, 0.25) is 0 Å². The second-order valence-electron chi connectivity index (χ2n) is 9.48. The van der Waals surface area contributed by atoms with Gasteiger partial charge in [0.2, 0.25) is 10.0 Å². The van der Waals surface area contributed by atoms with E-state index in [2.05, 4.69) is 15.8 Å². The number of benzene rings is 2. The molecular weight excluding hydrogens is 478 g/mol. The first kappa shape index (κ1) is 24.5. The van der Waals surface area contributed by atoms with Crippen molar-refractivity contribution < 1.29 is 22.8 Å². The molecule has 0 saturated carbocycles. The predicted octanol–water partition coefficient (Wildman–Crippen LogP) is 4.75. The zero-order valence-electron chi connectivity index (χ0n) is 20.0. The lowest BCUT2D eigenvalue weighted by atomic mass is 9.96. The van der Waals surface area contributed by atoms with Gasteiger partial charge in [-0.25, -0.2) is 13.9 Å². The predicted molar refractivity (Wildman–Crippen MR) is 137 cm³/mol. The van der Waals surface area contributed by atoms with Crippen LogP contribution in [0.3, 0.4) is 0 Å². The van der Waals surface area contributed by atoms with E-state index in [1.165, 1.54) is 22.6 Å². The van der Waals surface area contributed by atoms with Crippen molar-refractivity contribution >= 4 is 37.8 Å². The number of hydrogen-bond donors (Lipinski definition) is 4. The SMILES string of the molecule is O=C(NO)[C@@H](CCCCCc1c[nH]c2ccccc12)NS(=O)(=O)c1ccc2c3c(oc2c1)CCCC3. The molecule has 190 valence electrons. The van der Waals surface area contributed by atoms with Gasteiger partial charge in [-0.2, -0.15) is 4.72 Å². The van der Waals surface area contributed by atoms with E-state index < -0.39 is 22.0 Å². The molecule has 0 unspecified atom stereocenters. The Morgan fingerprint density at radius 2 is 1.89 bits per heavy atom. The van der Waals surface area contributed by atoms with Gasteiger partial charge < -0.3 is 9.40 Å². The van der Waals surface area contributed by atoms with Crippen LogP contribution in [-0.2, 0) is 34.1 Å². The summed E-state index contributed by atoms with van der Waals surface area (Å²) in [5, 5.41) is 11.3. The number of amides is 1. The van der Waals surface area contributed by atoms with Crippen LogP contribution in [0.15, 0.2) is 58.0 Å². The summed E-state index contributed by atoms with van der Waals surface area (Å²) in [5.41, 5.74) is 5.66. The zero-order valence-corrected chi connectivity index (χ0v) is 20.9. The summed E-state index contributed by atoms with van der Waals surface area (Å²) >= 11 is 0. The van der Waals surface area contributed by atoms with E-state index >= 15 is 0 Å². The normalized spacial score (nSPS) is 14.7. The van der Waals surface area contributed by atoms with Crippen molar-refractivity contribution in [1.29, 1.82) is 0 Å². The number of hydrogen-bond acceptors (Lipinski definition) is 5. The molecule has 1 amide bonds. The van der Waals surface area contributed by atoms with Gasteiger partial charge in [0, 0.05) is 40.5 Å². The topological polar surface area (TPSA) is 124 Å². The number of fused-ring (bicyclic) bond motifs is 4. The van der Waals surface area contributed by atoms with Gasteiger partial charge in [0.15, 0.2) is 0 Å². The Hall–Kier alpha value is -3.14. The standard InChI is InChI=1S/C27H31N3O5S/c31-27(29-32)24(12-3-1-2-8-18-17-28-23-11-6-4-9-20(18)23)30-36(33,34)19-14-15-22-21-10-5-7-13-25(21)35-26(22)16-19/h4,6,9,11,14-17,24,28,30,32H,1-3,5,7-8,10,12-13H2,(H,29,31)/t24-/m1/s1. The van der Waals surface area contributed by atoms with E-state index in [4.69, 9.17) is 4.42 Å². The Labute approximate surface area is 210 Å². The number of rotatable bonds is 10. The summed E-state index contributed by atoms with van der Waals surface area (Å²) in [7, 11) is -4.00. The molecule has 5 rings (SSSR count). The Bertz CT molecular complexity index is 1490. The molecule has 9 heteroatoms. The van der Waals surface area contributed by atoms with Crippen molar-refractivity contribution in [3.63, 3.8) is 0 Å². The molecule has 0 aliphatic heterocycles. The molecular formula is C27H31N3O5S. The maximum Gasteiger partial charge on any atom is 0.261 e. The second kappa shape index (κ2) is 10.5. The first-order valence-corrected chi connectivity index (χ1v) is 14.0. The van der Waals surface area contributed by atoms with Gasteiger partial charge in [-0.15, -0.1) is 0 Å². The molecule has 0 radical (unpaired) electrons. The quantitative estimate of drug-likeness (QED) is 0.140. The smallest absolute Gasteiger partial charge is 0.261 e. The Morgan fingerprint density at radius 3 is 2.75 bits per heavy atom. The number of furan rings is 1. The van der Waals surface area contributed by atoms with Gasteiger partial charge in [0.05, 0.1) is 4.90 Å². The molecule has 0 spiro atoms. The van der Waals surface area contributed by atoms with Crippen molar-refractivity contribution in [2.45, 2.75) is 68.7 Å². The highest BCUT2D eigenvalue weighted by atomic mass is 32.2. The summed E-state index contributed by atoms with van der Waals surface area (Å²) in [4.78, 5) is 15.6. The van der Waals surface area contributed by atoms with E-state index in [0.717, 1.165) is 61.6 Å². The molecule has 1 atom stereocenters. The number of carbonyl (C=O) groups excluding carboxylic acids is 1. The minimum Gasteiger partial charge on any atom is -0.461 e. The minimum absolute atomic E-state index is 0.0381. The van der Waals surface area contributed by atoms with Crippen LogP contribution in [0, 0.1) is 0 Å². The van der Waals surface area contributed by atoms with Crippen molar-refractivity contribution in [3.05, 3.63) is 65.5 Å². The highest BCUT2D eigenvalue weighted by Crippen LogP contribution is 2.33. The molecule has 1 aliphatic carbocycles. The van der Waals surface area contributed by atoms with Gasteiger partial charge in [0.25, 0.3) is 5.91 Å². The lowest BCUT2D eigenvalue weighted by molar-refractivity contribution is -0.131. The lowest BCUT2D eigenvalue weighted by Crippen LogP contribution is -2.45. The van der Waals surface area contributed by atoms with Crippen LogP contribution in [-0.4, -0.2) is 30.6 Å². The molecule has 4 N–H and O–H groups in total. The number of unbranched alkanes of at least 4 members (excludes halogenated alkanes) is 2. The number of aromatic amines is 1. The van der Waals surface area contributed by atoms with Gasteiger partial charge >= 0.3 is 0 Å². The number of nitrogens with one attached hydrogen (secondary N) is 3. The third kappa shape index (κ3) is 5.04. The lowest BCUT2D eigenvalue weighted by Gasteiger charge is -2.17. The molecule has 36 heavy (non-hydrogen) atoms. The maximum absolute atomic E-state index is 13.1. The van der Waals surface area contributed by atoms with Crippen LogP contribution < -0.4 is 10.2 Å². The van der Waals surface area contributed by atoms with Gasteiger partial charge in [-0.1, -0.05) is 31.0 Å². The Balaban J connectivity index is 1.21. The number of para-hydroxylation sites is 1. The van der Waals surface area contributed by atoms with Gasteiger partial charge in [-0.3, -0.25) is 10.0 Å². The van der Waals surface area contributed by atoms with E-state index in [9.17, 15) is 18.4 Å². The number of H-pyrrole nitrogens is 1. The van der Waals surface area contributed by atoms with Crippen LogP contribution in [0.5, 0.6) is 0 Å². The summed E-state index contributed by atoms with van der Waals surface area (Å²) < 4.78 is 34.6. The van der Waals surface area contributed by atoms with Crippen molar-refractivity contribution in [3.8, 4) is 0 Å². The van der Waals surface area contributed by atoms with Crippen LogP contribution >= 0.6 is 0 Å². The summed E-state index contributed by atoms with van der Waals surface area (Å²) in [6, 6.07) is 11.9. The van der Waals surface area contributed by atoms with Crippen molar-refractivity contribution in [2.75, 3.05) is 0 Å². The molecule has 4 aromatic rings. The molecule has 2 heterocycles. The van der Waals surface area contributed by atoms with Gasteiger partial charge in [-0.05, 0) is 62.3 Å². The second-order valence-corrected chi connectivity index (χ2v) is 11.2. The first-order chi connectivity index (χ1) is 17.5. The number of hydroxylamine groups is 1. The molecule has 0 saturated heterocycles. The average Bonchev–Trinajstić information content (AvgIpc) is 3.48. The third-order valence-corrected chi connectivity index (χ3v) is 8.55. The largest absolute Gasteiger partial charge is 0.461 e. The third-order valence-electron chi connectivity index (χ3n) is 7.08. The molecule has 2 aromatic carbocycles. The zero-order chi connectivity index (χ0) is 25.1. The first-order valence-electron chi connectivity index (χ1n) is 12.5. The fourth-order valence-electron chi connectivity index (χ4n) is 5.17. The highest BCUT2D eigenvalue weighted by molar-refractivity contribution is 7.89. The average molecular weight is 510 g/mol. The Morgan fingerprint density at radius 1 is 1.06 bits per heavy atom. The molecule has 8 nitrogen and oxygen atoms in total. The number of carbonyl (C=O) groups is 1. The number of aromatic nitrogens is 1. The van der Waals surface area contributed by atoms with Crippen LogP contribution in [0.4, 0.5) is 0 Å². The van der Waals surface area contributed by atoms with E-state index in [1.54, 1.807) is 17.6 Å². The number of aryl methyl sites for hydroxylation is 3. The van der Waals surface area contributed by atoms with Crippen molar-refractivity contribution in [2.24, 2.45) is 0 Å². The maximum atomic E-state index is 13.1. The monoisotopic (exact) mass is 509 g/mol. The van der Waals surface area contributed by atoms with E-state index in [0.29, 0.717) is 12.0 Å². The van der Waals surface area contributed by atoms with Crippen LogP contribution in [0.25, 0.3) is 21.9 Å². The fraction of sp³-hybridized carbons (Fsp3) is 0.370. The molecule has 1 aliphatic rings.